The fourth-order valence-corrected chi connectivity index (χ4v) is 3.88. The van der Waals surface area contributed by atoms with Crippen molar-refractivity contribution in [2.75, 3.05) is 19.0 Å². The molecule has 2 aromatic heterocycles. The number of hydrogen-bond acceptors (Lipinski definition) is 6. The molecule has 0 spiro atoms. The van der Waals surface area contributed by atoms with E-state index in [1.165, 1.54) is 11.3 Å². The van der Waals surface area contributed by atoms with Crippen molar-refractivity contribution in [3.8, 4) is 5.75 Å². The predicted molar refractivity (Wildman–Crippen MR) is 102 cm³/mol. The van der Waals surface area contributed by atoms with Crippen molar-refractivity contribution in [2.45, 2.75) is 25.8 Å². The van der Waals surface area contributed by atoms with Gasteiger partial charge >= 0.3 is 6.03 Å². The molecule has 1 N–H and O–H groups in total. The van der Waals surface area contributed by atoms with E-state index >= 15 is 0 Å². The van der Waals surface area contributed by atoms with Gasteiger partial charge < -0.3 is 14.1 Å². The van der Waals surface area contributed by atoms with Gasteiger partial charge in [-0.05, 0) is 30.2 Å². The number of benzene rings is 1. The molecular formula is C19H20N4O3S. The van der Waals surface area contributed by atoms with Crippen LogP contribution in [-0.2, 0) is 19.4 Å². The Labute approximate surface area is 161 Å². The number of carbonyl (C=O) groups is 1. The van der Waals surface area contributed by atoms with Gasteiger partial charge in [-0.15, -0.1) is 10.2 Å². The van der Waals surface area contributed by atoms with Crippen molar-refractivity contribution in [3.05, 3.63) is 58.5 Å². The highest BCUT2D eigenvalue weighted by Gasteiger charge is 2.21. The van der Waals surface area contributed by atoms with Gasteiger partial charge in [0.1, 0.15) is 16.5 Å². The molecule has 2 amide bonds. The number of aryl methyl sites for hydroxylation is 1. The van der Waals surface area contributed by atoms with Crippen LogP contribution in [0.2, 0.25) is 0 Å². The monoisotopic (exact) mass is 384 g/mol. The van der Waals surface area contributed by atoms with Crippen LogP contribution in [0.1, 0.15) is 28.3 Å². The van der Waals surface area contributed by atoms with Gasteiger partial charge in [-0.1, -0.05) is 23.5 Å². The van der Waals surface area contributed by atoms with Crippen molar-refractivity contribution in [2.24, 2.45) is 0 Å². The van der Waals surface area contributed by atoms with Crippen molar-refractivity contribution < 1.29 is 13.9 Å². The highest BCUT2D eigenvalue weighted by molar-refractivity contribution is 7.15. The number of ether oxygens (including phenoxy) is 1. The van der Waals surface area contributed by atoms with Crippen LogP contribution in [0.4, 0.5) is 9.93 Å². The van der Waals surface area contributed by atoms with E-state index in [1.54, 1.807) is 18.3 Å². The topological polar surface area (TPSA) is 80.5 Å². The third kappa shape index (κ3) is 4.11. The summed E-state index contributed by atoms with van der Waals surface area (Å²) in [5.41, 5.74) is 2.15. The lowest BCUT2D eigenvalue weighted by Gasteiger charge is -2.19. The molecule has 8 heteroatoms. The second kappa shape index (κ2) is 7.79. The Hall–Kier alpha value is -2.87. The van der Waals surface area contributed by atoms with Crippen LogP contribution >= 0.6 is 11.3 Å². The first-order valence-corrected chi connectivity index (χ1v) is 9.59. The highest BCUT2D eigenvalue weighted by Crippen LogP contribution is 2.23. The first kappa shape index (κ1) is 17.5. The number of urea groups is 1. The molecule has 4 rings (SSSR count). The summed E-state index contributed by atoms with van der Waals surface area (Å²) in [7, 11) is 1.65. The SMILES string of the molecule is COc1cccc(Cc2nnc(NC(=O)N3CCCc4occc4C3)s2)c1. The van der Waals surface area contributed by atoms with Crippen molar-refractivity contribution in [1.82, 2.24) is 15.1 Å². The fourth-order valence-electron chi connectivity index (χ4n) is 3.12. The molecule has 7 nitrogen and oxygen atoms in total. The predicted octanol–water partition coefficient (Wildman–Crippen LogP) is 3.71. The van der Waals surface area contributed by atoms with Crippen LogP contribution in [0.15, 0.2) is 41.0 Å². The van der Waals surface area contributed by atoms with E-state index in [-0.39, 0.29) is 6.03 Å². The minimum absolute atomic E-state index is 0.159. The maximum Gasteiger partial charge on any atom is 0.323 e. The number of anilines is 1. The second-order valence-electron chi connectivity index (χ2n) is 6.35. The number of carbonyl (C=O) groups excluding carboxylic acids is 1. The molecule has 0 fully saturated rings. The Bertz CT molecular complexity index is 936. The molecule has 1 aliphatic heterocycles. The van der Waals surface area contributed by atoms with Crippen molar-refractivity contribution in [1.29, 1.82) is 0 Å². The summed E-state index contributed by atoms with van der Waals surface area (Å²) in [5.74, 6) is 1.78. The van der Waals surface area contributed by atoms with E-state index in [0.717, 1.165) is 40.5 Å². The first-order chi connectivity index (χ1) is 13.2. The number of nitrogens with one attached hydrogen (secondary N) is 1. The molecule has 0 saturated carbocycles. The van der Waals surface area contributed by atoms with E-state index in [0.29, 0.717) is 24.6 Å². The molecule has 140 valence electrons. The molecule has 3 aromatic rings. The minimum Gasteiger partial charge on any atom is -0.497 e. The normalized spacial score (nSPS) is 13.7. The summed E-state index contributed by atoms with van der Waals surface area (Å²) < 4.78 is 10.7. The maximum atomic E-state index is 12.6. The number of amides is 2. The summed E-state index contributed by atoms with van der Waals surface area (Å²) in [6.45, 7) is 1.23. The zero-order valence-electron chi connectivity index (χ0n) is 15.0. The van der Waals surface area contributed by atoms with Gasteiger partial charge in [0.05, 0.1) is 19.9 Å². The smallest absolute Gasteiger partial charge is 0.323 e. The zero-order chi connectivity index (χ0) is 18.6. The summed E-state index contributed by atoms with van der Waals surface area (Å²) in [6.07, 6.45) is 4.06. The Morgan fingerprint density at radius 1 is 1.37 bits per heavy atom. The number of nitrogens with zero attached hydrogens (tertiary/aromatic N) is 3. The van der Waals surface area contributed by atoms with E-state index in [9.17, 15) is 4.79 Å². The van der Waals surface area contributed by atoms with E-state index < -0.39 is 0 Å². The summed E-state index contributed by atoms with van der Waals surface area (Å²) in [6, 6.07) is 9.61. The van der Waals surface area contributed by atoms with Gasteiger partial charge in [0.25, 0.3) is 0 Å². The molecule has 0 saturated heterocycles. The number of furan rings is 1. The number of aromatic nitrogens is 2. The standard InChI is InChI=1S/C19H20N4O3S/c1-25-15-5-2-4-13(10-15)11-17-21-22-18(27-17)20-19(24)23-8-3-6-16-14(12-23)7-9-26-16/h2,4-5,7,9-10H,3,6,8,11-12H2,1H3,(H,20,22,24). The summed E-state index contributed by atoms with van der Waals surface area (Å²) >= 11 is 1.39. The minimum atomic E-state index is -0.159. The quantitative estimate of drug-likeness (QED) is 0.742. The molecule has 1 aromatic carbocycles. The third-order valence-corrected chi connectivity index (χ3v) is 5.33. The van der Waals surface area contributed by atoms with E-state index in [1.807, 2.05) is 30.3 Å². The molecule has 0 unspecified atom stereocenters. The van der Waals surface area contributed by atoms with Gasteiger partial charge in [-0.2, -0.15) is 0 Å². The van der Waals surface area contributed by atoms with Gasteiger partial charge in [0.2, 0.25) is 5.13 Å². The van der Waals surface area contributed by atoms with Crippen LogP contribution < -0.4 is 10.1 Å². The largest absolute Gasteiger partial charge is 0.497 e. The molecule has 0 aliphatic carbocycles. The molecular weight excluding hydrogens is 364 g/mol. The lowest BCUT2D eigenvalue weighted by molar-refractivity contribution is 0.210. The lowest BCUT2D eigenvalue weighted by Crippen LogP contribution is -2.34. The van der Waals surface area contributed by atoms with E-state index in [4.69, 9.17) is 9.15 Å². The average molecular weight is 384 g/mol. The van der Waals surface area contributed by atoms with Crippen LogP contribution in [-0.4, -0.2) is 34.8 Å². The highest BCUT2D eigenvalue weighted by atomic mass is 32.1. The maximum absolute atomic E-state index is 12.6. The van der Waals surface area contributed by atoms with Crippen molar-refractivity contribution >= 4 is 22.5 Å². The lowest BCUT2D eigenvalue weighted by atomic mass is 10.1. The Morgan fingerprint density at radius 2 is 2.30 bits per heavy atom. The van der Waals surface area contributed by atoms with Gasteiger partial charge in [0.15, 0.2) is 0 Å². The number of methoxy groups -OCH3 is 1. The Morgan fingerprint density at radius 3 is 3.19 bits per heavy atom. The van der Waals surface area contributed by atoms with Gasteiger partial charge in [-0.25, -0.2) is 4.79 Å². The molecule has 1 aliphatic rings. The Balaban J connectivity index is 1.39. The summed E-state index contributed by atoms with van der Waals surface area (Å²) in [5, 5.41) is 12.5. The number of rotatable bonds is 4. The average Bonchev–Trinajstić information content (AvgIpc) is 3.25. The molecule has 0 radical (unpaired) electrons. The molecule has 27 heavy (non-hydrogen) atoms. The zero-order valence-corrected chi connectivity index (χ0v) is 15.8. The van der Waals surface area contributed by atoms with E-state index in [2.05, 4.69) is 15.5 Å². The van der Waals surface area contributed by atoms with Gasteiger partial charge in [0, 0.05) is 24.9 Å². The third-order valence-electron chi connectivity index (χ3n) is 4.49. The Kier molecular flexibility index (Phi) is 5.06. The van der Waals surface area contributed by atoms with Crippen LogP contribution in [0, 0.1) is 0 Å². The summed E-state index contributed by atoms with van der Waals surface area (Å²) in [4.78, 5) is 14.4. The second-order valence-corrected chi connectivity index (χ2v) is 7.42. The fraction of sp³-hybridized carbons (Fsp3) is 0.316. The number of hydrogen-bond donors (Lipinski definition) is 1. The van der Waals surface area contributed by atoms with Crippen LogP contribution in [0.25, 0.3) is 0 Å². The number of fused-ring (bicyclic) bond motifs is 1. The molecule has 3 heterocycles. The molecule has 0 atom stereocenters. The first-order valence-electron chi connectivity index (χ1n) is 8.78. The molecule has 0 bridgehead atoms. The van der Waals surface area contributed by atoms with Gasteiger partial charge in [-0.3, -0.25) is 5.32 Å². The van der Waals surface area contributed by atoms with Crippen LogP contribution in [0.5, 0.6) is 5.75 Å². The van der Waals surface area contributed by atoms with Crippen molar-refractivity contribution in [3.63, 3.8) is 0 Å². The van der Waals surface area contributed by atoms with Crippen LogP contribution in [0.3, 0.4) is 0 Å².